The van der Waals surface area contributed by atoms with Crippen LogP contribution in [0.15, 0.2) is 93.9 Å². The van der Waals surface area contributed by atoms with E-state index in [1.807, 2.05) is 42.5 Å². The van der Waals surface area contributed by atoms with E-state index in [0.717, 1.165) is 5.56 Å². The van der Waals surface area contributed by atoms with Crippen molar-refractivity contribution in [1.82, 2.24) is 4.57 Å². The minimum atomic E-state index is -0.710. The van der Waals surface area contributed by atoms with Crippen molar-refractivity contribution in [3.8, 4) is 5.75 Å². The number of nitrogens with one attached hydrogen (secondary N) is 1. The molecule has 1 atom stereocenters. The molecule has 0 aliphatic carbocycles. The molecule has 0 radical (unpaired) electrons. The van der Waals surface area contributed by atoms with Crippen molar-refractivity contribution in [3.05, 3.63) is 125 Å². The zero-order chi connectivity index (χ0) is 26.1. The second-order valence-electron chi connectivity index (χ2n) is 8.34. The molecule has 0 spiro atoms. The molecule has 3 aromatic carbocycles. The van der Waals surface area contributed by atoms with Gasteiger partial charge in [0.05, 0.1) is 29.0 Å². The van der Waals surface area contributed by atoms with Gasteiger partial charge in [0.2, 0.25) is 0 Å². The number of aromatic nitrogens is 1. The van der Waals surface area contributed by atoms with E-state index in [-0.39, 0.29) is 11.5 Å². The maximum atomic E-state index is 13.8. The Labute approximate surface area is 226 Å². The lowest BCUT2D eigenvalue weighted by Crippen LogP contribution is -2.40. The van der Waals surface area contributed by atoms with Crippen molar-refractivity contribution < 1.29 is 9.53 Å². The van der Waals surface area contributed by atoms with Gasteiger partial charge in [-0.1, -0.05) is 70.9 Å². The van der Waals surface area contributed by atoms with E-state index in [2.05, 4.69) is 10.3 Å². The molecular weight excluding hydrogens is 529 g/mol. The molecule has 1 N–H and O–H groups in total. The van der Waals surface area contributed by atoms with Crippen LogP contribution in [-0.4, -0.2) is 17.6 Å². The third kappa shape index (κ3) is 4.98. The summed E-state index contributed by atoms with van der Waals surface area (Å²) in [4.78, 5) is 32.5. The molecule has 0 unspecified atom stereocenters. The molecule has 0 bridgehead atoms. The largest absolute Gasteiger partial charge is 0.497 e. The van der Waals surface area contributed by atoms with Gasteiger partial charge in [-0.2, -0.15) is 0 Å². The van der Waals surface area contributed by atoms with E-state index < -0.39 is 6.04 Å². The summed E-state index contributed by atoms with van der Waals surface area (Å²) < 4.78 is 7.43. The Morgan fingerprint density at radius 3 is 2.59 bits per heavy atom. The monoisotopic (exact) mass is 549 g/mol. The molecule has 1 aliphatic heterocycles. The summed E-state index contributed by atoms with van der Waals surface area (Å²) in [6, 6.07) is 20.9. The normalized spacial score (nSPS) is 15.2. The molecule has 5 rings (SSSR count). The Balaban J connectivity index is 1.70. The fourth-order valence-electron chi connectivity index (χ4n) is 4.22. The average Bonchev–Trinajstić information content (AvgIpc) is 3.19. The third-order valence-corrected chi connectivity index (χ3v) is 7.50. The summed E-state index contributed by atoms with van der Waals surface area (Å²) in [5.41, 5.74) is 2.65. The highest BCUT2D eigenvalue weighted by atomic mass is 35.5. The van der Waals surface area contributed by atoms with Crippen LogP contribution in [-0.2, 0) is 4.79 Å². The Bertz CT molecular complexity index is 1730. The molecule has 4 aromatic rings. The van der Waals surface area contributed by atoms with Gasteiger partial charge in [0.1, 0.15) is 5.75 Å². The van der Waals surface area contributed by atoms with Crippen LogP contribution >= 0.6 is 34.5 Å². The van der Waals surface area contributed by atoms with E-state index in [1.54, 1.807) is 55.0 Å². The van der Waals surface area contributed by atoms with Gasteiger partial charge in [-0.3, -0.25) is 14.2 Å². The van der Waals surface area contributed by atoms with Crippen LogP contribution in [0.25, 0.3) is 6.08 Å². The predicted molar refractivity (Wildman–Crippen MR) is 148 cm³/mol. The Hall–Kier alpha value is -3.65. The number of benzene rings is 3. The molecule has 9 heteroatoms. The first-order valence-corrected chi connectivity index (χ1v) is 12.9. The third-order valence-electron chi connectivity index (χ3n) is 5.96. The van der Waals surface area contributed by atoms with Crippen LogP contribution in [0.1, 0.15) is 24.1 Å². The molecule has 1 aromatic heterocycles. The van der Waals surface area contributed by atoms with Crippen molar-refractivity contribution in [2.45, 2.75) is 13.0 Å². The Morgan fingerprint density at radius 1 is 1.08 bits per heavy atom. The van der Waals surface area contributed by atoms with Crippen molar-refractivity contribution in [2.75, 3.05) is 12.4 Å². The number of halogens is 2. The maximum Gasteiger partial charge on any atom is 0.271 e. The number of carbonyl (C=O) groups is 1. The van der Waals surface area contributed by atoms with Crippen LogP contribution in [0.5, 0.6) is 5.75 Å². The summed E-state index contributed by atoms with van der Waals surface area (Å²) in [5.74, 6) is 0.278. The quantitative estimate of drug-likeness (QED) is 0.372. The number of rotatable bonds is 5. The number of anilines is 1. The van der Waals surface area contributed by atoms with Crippen LogP contribution in [0.4, 0.5) is 5.69 Å². The molecule has 0 saturated heterocycles. The van der Waals surface area contributed by atoms with Gasteiger partial charge >= 0.3 is 0 Å². The standard InChI is InChI=1S/C28H21Cl2N3O3S/c1-16-24(26(34)32-20-8-4-3-5-9-20)25(18-7-6-10-21(13-18)36-2)33-27(35)23(37-28(33)31-16)14-17-11-12-19(29)15-22(17)30/h3-15,25H,1-2H3,(H,32,34)/b23-14-/t25-/m0/s1. The molecule has 2 heterocycles. The van der Waals surface area contributed by atoms with E-state index in [0.29, 0.717) is 47.6 Å². The lowest BCUT2D eigenvalue weighted by Gasteiger charge is -2.25. The molecule has 6 nitrogen and oxygen atoms in total. The minimum absolute atomic E-state index is 0.278. The van der Waals surface area contributed by atoms with Crippen molar-refractivity contribution >= 4 is 52.2 Å². The number of nitrogens with zero attached hydrogens (tertiary/aromatic N) is 2. The molecule has 1 amide bonds. The lowest BCUT2D eigenvalue weighted by atomic mass is 9.95. The summed E-state index contributed by atoms with van der Waals surface area (Å²) >= 11 is 13.6. The first-order valence-electron chi connectivity index (χ1n) is 11.3. The zero-order valence-electron chi connectivity index (χ0n) is 19.9. The van der Waals surface area contributed by atoms with Crippen LogP contribution in [0, 0.1) is 0 Å². The number of carbonyl (C=O) groups excluding carboxylic acids is 1. The van der Waals surface area contributed by atoms with Crippen LogP contribution < -0.4 is 24.9 Å². The average molecular weight is 550 g/mol. The molecule has 37 heavy (non-hydrogen) atoms. The van der Waals surface area contributed by atoms with Gasteiger partial charge in [-0.05, 0) is 60.5 Å². The summed E-state index contributed by atoms with van der Waals surface area (Å²) in [7, 11) is 1.57. The van der Waals surface area contributed by atoms with Gasteiger partial charge in [-0.15, -0.1) is 0 Å². The summed E-state index contributed by atoms with van der Waals surface area (Å²) in [6.45, 7) is 1.78. The van der Waals surface area contributed by atoms with Crippen molar-refractivity contribution in [3.63, 3.8) is 0 Å². The van der Waals surface area contributed by atoms with Crippen molar-refractivity contribution in [1.29, 1.82) is 0 Å². The number of para-hydroxylation sites is 1. The topological polar surface area (TPSA) is 72.7 Å². The van der Waals surface area contributed by atoms with Gasteiger partial charge in [-0.25, -0.2) is 4.99 Å². The molecule has 186 valence electrons. The molecular formula is C28H21Cl2N3O3S. The number of hydrogen-bond donors (Lipinski definition) is 1. The number of hydrogen-bond acceptors (Lipinski definition) is 5. The maximum absolute atomic E-state index is 13.8. The van der Waals surface area contributed by atoms with E-state index in [1.165, 1.54) is 11.3 Å². The highest BCUT2D eigenvalue weighted by Crippen LogP contribution is 2.32. The smallest absolute Gasteiger partial charge is 0.271 e. The van der Waals surface area contributed by atoms with E-state index in [9.17, 15) is 9.59 Å². The zero-order valence-corrected chi connectivity index (χ0v) is 22.2. The highest BCUT2D eigenvalue weighted by molar-refractivity contribution is 7.07. The number of methoxy groups -OCH3 is 1. The fourth-order valence-corrected chi connectivity index (χ4v) is 5.72. The van der Waals surface area contributed by atoms with Gasteiger partial charge in [0.25, 0.3) is 11.5 Å². The van der Waals surface area contributed by atoms with Gasteiger partial charge < -0.3 is 10.1 Å². The lowest BCUT2D eigenvalue weighted by molar-refractivity contribution is -0.113. The first kappa shape index (κ1) is 25.0. The van der Waals surface area contributed by atoms with Gasteiger partial charge in [0.15, 0.2) is 4.80 Å². The Morgan fingerprint density at radius 2 is 1.86 bits per heavy atom. The number of fused-ring (bicyclic) bond motifs is 1. The minimum Gasteiger partial charge on any atom is -0.497 e. The SMILES string of the molecule is COc1cccc([C@H]2C(C(=O)Nc3ccccc3)=C(C)N=c3s/c(=C\c4ccc(Cl)cc4Cl)c(=O)n32)c1. The second-order valence-corrected chi connectivity index (χ2v) is 10.2. The van der Waals surface area contributed by atoms with Gasteiger partial charge in [0, 0.05) is 15.7 Å². The van der Waals surface area contributed by atoms with Crippen LogP contribution in [0.2, 0.25) is 10.0 Å². The predicted octanol–water partition coefficient (Wildman–Crippen LogP) is 5.19. The number of thiazole rings is 1. The first-order chi connectivity index (χ1) is 17.9. The summed E-state index contributed by atoms with van der Waals surface area (Å²) in [5, 5.41) is 3.88. The number of ether oxygens (including phenoxy) is 1. The fraction of sp³-hybridized carbons (Fsp3) is 0.107. The molecule has 1 aliphatic rings. The van der Waals surface area contributed by atoms with Crippen LogP contribution in [0.3, 0.4) is 0 Å². The number of amides is 1. The highest BCUT2D eigenvalue weighted by Gasteiger charge is 2.32. The second kappa shape index (κ2) is 10.4. The Kier molecular flexibility index (Phi) is 7.02. The molecule has 0 fully saturated rings. The van der Waals surface area contributed by atoms with E-state index in [4.69, 9.17) is 27.9 Å². The van der Waals surface area contributed by atoms with Crippen molar-refractivity contribution in [2.24, 2.45) is 4.99 Å². The number of allylic oxidation sites excluding steroid dienone is 1. The molecule has 0 saturated carbocycles. The summed E-state index contributed by atoms with van der Waals surface area (Å²) in [6.07, 6.45) is 1.72. The van der Waals surface area contributed by atoms with E-state index >= 15 is 0 Å².